The van der Waals surface area contributed by atoms with Gasteiger partial charge in [-0.25, -0.2) is 0 Å². The van der Waals surface area contributed by atoms with E-state index < -0.39 is 0 Å². The molecule has 1 heterocycles. The number of Topliss-reactive ketones (excluding diaryl/α,β-unsaturated/α-hetero) is 1. The van der Waals surface area contributed by atoms with E-state index in [0.717, 1.165) is 11.5 Å². The van der Waals surface area contributed by atoms with Crippen LogP contribution in [-0.4, -0.2) is 11.7 Å². The second-order valence-electron chi connectivity index (χ2n) is 3.59. The zero-order chi connectivity index (χ0) is 13.0. The van der Waals surface area contributed by atoms with Crippen molar-refractivity contribution in [1.82, 2.24) is 0 Å². The summed E-state index contributed by atoms with van der Waals surface area (Å²) in [5.74, 6) is 1.79. The topological polar surface area (TPSA) is 29.6 Å². The van der Waals surface area contributed by atoms with E-state index in [4.69, 9.17) is 27.9 Å². The normalized spacial score (nSPS) is 10.6. The predicted octanol–water partition coefficient (Wildman–Crippen LogP) is 4.55. The van der Waals surface area contributed by atoms with Crippen molar-refractivity contribution in [2.24, 2.45) is 0 Å². The van der Waals surface area contributed by atoms with Gasteiger partial charge in [-0.05, 0) is 12.1 Å². The molecule has 0 spiro atoms. The van der Waals surface area contributed by atoms with E-state index in [-0.39, 0.29) is 11.7 Å². The summed E-state index contributed by atoms with van der Waals surface area (Å²) in [5, 5.41) is 0.711. The maximum Gasteiger partial charge on any atom is 0.188 e. The van der Waals surface area contributed by atoms with Crippen molar-refractivity contribution in [3.05, 3.63) is 59.1 Å². The number of ketones is 1. The summed E-state index contributed by atoms with van der Waals surface area (Å²) in [7, 11) is 0. The lowest BCUT2D eigenvalue weighted by Crippen LogP contribution is -1.98. The van der Waals surface area contributed by atoms with Crippen molar-refractivity contribution in [3.8, 4) is 11.5 Å². The van der Waals surface area contributed by atoms with E-state index in [2.05, 4.69) is 0 Å². The minimum absolute atomic E-state index is 0.0257. The van der Waals surface area contributed by atoms with Gasteiger partial charge in [-0.1, -0.05) is 48.0 Å². The number of hydrogen-bond donors (Lipinski definition) is 0. The van der Waals surface area contributed by atoms with Crippen molar-refractivity contribution < 1.29 is 9.53 Å². The number of carbonyl (C=O) groups is 1. The number of fused-ring (bicyclic) bond motifs is 1. The SMILES string of the molecule is Clc1cccc2c1O2.O=C(CCl)c1ccccc1. The van der Waals surface area contributed by atoms with Gasteiger partial charge in [0.15, 0.2) is 17.3 Å². The highest BCUT2D eigenvalue weighted by Crippen LogP contribution is 2.49. The molecule has 4 heteroatoms. The van der Waals surface area contributed by atoms with E-state index >= 15 is 0 Å². The first kappa shape index (κ1) is 12.9. The molecule has 0 bridgehead atoms. The van der Waals surface area contributed by atoms with Crippen LogP contribution >= 0.6 is 23.2 Å². The Morgan fingerprint density at radius 2 is 1.78 bits per heavy atom. The van der Waals surface area contributed by atoms with Crippen LogP contribution < -0.4 is 4.74 Å². The van der Waals surface area contributed by atoms with Crippen LogP contribution in [0, 0.1) is 0 Å². The fraction of sp³-hybridized carbons (Fsp3) is 0.0714. The van der Waals surface area contributed by atoms with Gasteiger partial charge < -0.3 is 4.74 Å². The number of benzene rings is 2. The standard InChI is InChI=1S/C8H7ClO.C6H3ClO/c9-6-8(10)7-4-2-1-3-5-7;7-4-2-1-3-5-6(4)8-5/h1-5H,6H2;1-3H. The summed E-state index contributed by atoms with van der Waals surface area (Å²) in [4.78, 5) is 10.9. The molecule has 0 unspecified atom stereocenters. The lowest BCUT2D eigenvalue weighted by atomic mass is 10.2. The molecule has 18 heavy (non-hydrogen) atoms. The van der Waals surface area contributed by atoms with Crippen LogP contribution in [0.5, 0.6) is 11.5 Å². The molecule has 0 N–H and O–H groups in total. The summed E-state index contributed by atoms with van der Waals surface area (Å²) in [6.45, 7) is 0. The van der Waals surface area contributed by atoms with Gasteiger partial charge in [0.2, 0.25) is 0 Å². The van der Waals surface area contributed by atoms with Gasteiger partial charge in [-0.3, -0.25) is 4.79 Å². The summed E-state index contributed by atoms with van der Waals surface area (Å²) >= 11 is 11.0. The Hall–Kier alpha value is -1.51. The maximum atomic E-state index is 10.9. The Morgan fingerprint density at radius 1 is 1.06 bits per heavy atom. The summed E-state index contributed by atoms with van der Waals surface area (Å²) in [6, 6.07) is 14.6. The zero-order valence-corrected chi connectivity index (χ0v) is 10.9. The van der Waals surface area contributed by atoms with Crippen molar-refractivity contribution in [3.63, 3.8) is 0 Å². The Bertz CT molecular complexity index is 553. The maximum absolute atomic E-state index is 10.9. The van der Waals surface area contributed by atoms with Crippen LogP contribution in [0.4, 0.5) is 0 Å². The van der Waals surface area contributed by atoms with Crippen molar-refractivity contribution in [2.45, 2.75) is 0 Å². The highest BCUT2D eigenvalue weighted by atomic mass is 35.5. The minimum Gasteiger partial charge on any atom is -0.448 e. The molecule has 92 valence electrons. The van der Waals surface area contributed by atoms with E-state index in [9.17, 15) is 4.79 Å². The lowest BCUT2D eigenvalue weighted by Gasteiger charge is -1.92. The molecule has 0 aromatic heterocycles. The van der Waals surface area contributed by atoms with E-state index in [1.54, 1.807) is 12.1 Å². The van der Waals surface area contributed by atoms with E-state index in [1.807, 2.05) is 36.4 Å². The third kappa shape index (κ3) is 3.25. The molecule has 0 radical (unpaired) electrons. The molecule has 1 aliphatic heterocycles. The van der Waals surface area contributed by atoms with Crippen LogP contribution in [0.2, 0.25) is 5.02 Å². The molecule has 0 saturated carbocycles. The summed E-state index contributed by atoms with van der Waals surface area (Å²) in [6.07, 6.45) is 0. The van der Waals surface area contributed by atoms with Crippen molar-refractivity contribution >= 4 is 29.0 Å². The van der Waals surface area contributed by atoms with Gasteiger partial charge in [0.1, 0.15) is 0 Å². The second-order valence-corrected chi connectivity index (χ2v) is 4.27. The fourth-order valence-corrected chi connectivity index (χ4v) is 1.72. The van der Waals surface area contributed by atoms with Gasteiger partial charge in [0.25, 0.3) is 0 Å². The Balaban J connectivity index is 0.000000136. The van der Waals surface area contributed by atoms with Crippen LogP contribution in [0.25, 0.3) is 0 Å². The first-order valence-corrected chi connectivity index (χ1v) is 6.24. The van der Waals surface area contributed by atoms with Gasteiger partial charge in [0.05, 0.1) is 10.9 Å². The largest absolute Gasteiger partial charge is 0.448 e. The average molecular weight is 281 g/mol. The highest BCUT2D eigenvalue weighted by molar-refractivity contribution is 6.32. The number of alkyl halides is 1. The Kier molecular flexibility index (Phi) is 4.24. The number of halogens is 2. The fourth-order valence-electron chi connectivity index (χ4n) is 1.36. The molecular formula is C14H10Cl2O2. The van der Waals surface area contributed by atoms with Crippen molar-refractivity contribution in [2.75, 3.05) is 5.88 Å². The van der Waals surface area contributed by atoms with Crippen LogP contribution in [-0.2, 0) is 0 Å². The minimum atomic E-state index is -0.0257. The summed E-state index contributed by atoms with van der Waals surface area (Å²) in [5.41, 5.74) is 0.678. The third-order valence-electron chi connectivity index (χ3n) is 2.32. The van der Waals surface area contributed by atoms with Gasteiger partial charge in [0, 0.05) is 5.56 Å². The van der Waals surface area contributed by atoms with Gasteiger partial charge >= 0.3 is 0 Å². The molecule has 0 amide bonds. The molecule has 0 saturated heterocycles. The van der Waals surface area contributed by atoms with Crippen LogP contribution in [0.3, 0.4) is 0 Å². The number of ether oxygens (including phenoxy) is 1. The first-order valence-electron chi connectivity index (χ1n) is 5.33. The summed E-state index contributed by atoms with van der Waals surface area (Å²) < 4.78 is 4.94. The molecule has 0 atom stereocenters. The zero-order valence-electron chi connectivity index (χ0n) is 9.40. The second kappa shape index (κ2) is 5.89. The molecule has 2 aromatic rings. The van der Waals surface area contributed by atoms with E-state index in [0.29, 0.717) is 10.6 Å². The number of carbonyl (C=O) groups excluding carboxylic acids is 1. The molecule has 0 fully saturated rings. The first-order chi connectivity index (χ1) is 8.72. The average Bonchev–Trinajstić information content (AvgIpc) is 3.20. The quantitative estimate of drug-likeness (QED) is 0.391. The lowest BCUT2D eigenvalue weighted by molar-refractivity contribution is 0.102. The predicted molar refractivity (Wildman–Crippen MR) is 73.0 cm³/mol. The monoisotopic (exact) mass is 280 g/mol. The molecular weight excluding hydrogens is 271 g/mol. The molecule has 2 nitrogen and oxygen atoms in total. The smallest absolute Gasteiger partial charge is 0.188 e. The van der Waals surface area contributed by atoms with Gasteiger partial charge in [-0.15, -0.1) is 11.6 Å². The molecule has 1 aliphatic rings. The molecule has 0 aliphatic carbocycles. The number of para-hydroxylation sites is 1. The van der Waals surface area contributed by atoms with Crippen LogP contribution in [0.15, 0.2) is 48.5 Å². The van der Waals surface area contributed by atoms with E-state index in [1.165, 1.54) is 0 Å². The Morgan fingerprint density at radius 3 is 2.33 bits per heavy atom. The number of hydrogen-bond acceptors (Lipinski definition) is 2. The van der Waals surface area contributed by atoms with Gasteiger partial charge in [-0.2, -0.15) is 0 Å². The third-order valence-corrected chi connectivity index (χ3v) is 2.86. The van der Waals surface area contributed by atoms with Crippen molar-refractivity contribution in [1.29, 1.82) is 0 Å². The van der Waals surface area contributed by atoms with Crippen LogP contribution in [0.1, 0.15) is 10.4 Å². The molecule has 3 rings (SSSR count). The molecule has 2 aromatic carbocycles. The highest BCUT2D eigenvalue weighted by Gasteiger charge is 2.21. The Labute approximate surface area is 115 Å². The number of rotatable bonds is 2.